The quantitative estimate of drug-likeness (QED) is 0.622. The average molecular weight is 323 g/mol. The van der Waals surface area contributed by atoms with Gasteiger partial charge in [0.25, 0.3) is 12.3 Å². The lowest BCUT2D eigenvalue weighted by Crippen LogP contribution is -2.28. The fourth-order valence-corrected chi connectivity index (χ4v) is 1.59. The minimum atomic E-state index is -2.50. The number of carbonyl (C=O) groups is 1. The van der Waals surface area contributed by atoms with Crippen LogP contribution in [0.15, 0.2) is 22.7 Å². The number of hydrogen-bond acceptors (Lipinski definition) is 3. The SMILES string of the molecule is Nc1ccc(Br)cc1C(=O)NCCOCC(F)F. The summed E-state index contributed by atoms with van der Waals surface area (Å²) in [6.07, 6.45) is -2.50. The van der Waals surface area contributed by atoms with E-state index in [1.165, 1.54) is 0 Å². The van der Waals surface area contributed by atoms with Gasteiger partial charge in [-0.2, -0.15) is 0 Å². The number of nitrogens with two attached hydrogens (primary N) is 1. The lowest BCUT2D eigenvalue weighted by atomic mass is 10.1. The van der Waals surface area contributed by atoms with Crippen LogP contribution in [0.2, 0.25) is 0 Å². The van der Waals surface area contributed by atoms with Gasteiger partial charge in [0.05, 0.1) is 12.2 Å². The van der Waals surface area contributed by atoms with Gasteiger partial charge in [-0.15, -0.1) is 0 Å². The van der Waals surface area contributed by atoms with Crippen molar-refractivity contribution in [2.45, 2.75) is 6.43 Å². The molecular weight excluding hydrogens is 310 g/mol. The summed E-state index contributed by atoms with van der Waals surface area (Å²) >= 11 is 3.23. The Morgan fingerprint density at radius 1 is 1.50 bits per heavy atom. The van der Waals surface area contributed by atoms with Crippen molar-refractivity contribution in [1.82, 2.24) is 5.32 Å². The van der Waals surface area contributed by atoms with Crippen molar-refractivity contribution in [1.29, 1.82) is 0 Å². The molecule has 1 aromatic carbocycles. The Balaban J connectivity index is 2.39. The van der Waals surface area contributed by atoms with Crippen molar-refractivity contribution in [2.24, 2.45) is 0 Å². The highest BCUT2D eigenvalue weighted by molar-refractivity contribution is 9.10. The Labute approximate surface area is 112 Å². The van der Waals surface area contributed by atoms with Crippen LogP contribution in [0.5, 0.6) is 0 Å². The lowest BCUT2D eigenvalue weighted by Gasteiger charge is -2.08. The highest BCUT2D eigenvalue weighted by Gasteiger charge is 2.09. The summed E-state index contributed by atoms with van der Waals surface area (Å²) in [5.41, 5.74) is 6.33. The minimum absolute atomic E-state index is 0.0317. The van der Waals surface area contributed by atoms with Crippen LogP contribution in [0.25, 0.3) is 0 Å². The van der Waals surface area contributed by atoms with Gasteiger partial charge in [-0.1, -0.05) is 15.9 Å². The molecular formula is C11H13BrF2N2O2. The van der Waals surface area contributed by atoms with E-state index in [9.17, 15) is 13.6 Å². The second kappa shape index (κ2) is 7.27. The monoisotopic (exact) mass is 322 g/mol. The molecule has 0 fully saturated rings. The van der Waals surface area contributed by atoms with Gasteiger partial charge in [0.1, 0.15) is 6.61 Å². The number of anilines is 1. The third-order valence-electron chi connectivity index (χ3n) is 2.04. The Morgan fingerprint density at radius 3 is 2.89 bits per heavy atom. The van der Waals surface area contributed by atoms with E-state index in [0.29, 0.717) is 11.3 Å². The van der Waals surface area contributed by atoms with Gasteiger partial charge in [0.15, 0.2) is 0 Å². The molecule has 1 rings (SSSR count). The first kappa shape index (κ1) is 14.8. The maximum absolute atomic E-state index is 11.7. The summed E-state index contributed by atoms with van der Waals surface area (Å²) in [5, 5.41) is 2.53. The topological polar surface area (TPSA) is 64.4 Å². The number of nitrogen functional groups attached to an aromatic ring is 1. The zero-order valence-corrected chi connectivity index (χ0v) is 11.0. The van der Waals surface area contributed by atoms with E-state index in [-0.39, 0.29) is 19.1 Å². The Hall–Kier alpha value is -1.21. The van der Waals surface area contributed by atoms with Crippen LogP contribution in [-0.4, -0.2) is 32.1 Å². The molecule has 0 bridgehead atoms. The van der Waals surface area contributed by atoms with Crippen molar-refractivity contribution in [2.75, 3.05) is 25.5 Å². The normalized spacial score (nSPS) is 10.7. The number of ether oxygens (including phenoxy) is 1. The van der Waals surface area contributed by atoms with E-state index < -0.39 is 13.0 Å². The molecule has 0 unspecified atom stereocenters. The summed E-state index contributed by atoms with van der Waals surface area (Å²) < 4.78 is 28.9. The molecule has 0 spiro atoms. The van der Waals surface area contributed by atoms with E-state index in [2.05, 4.69) is 26.0 Å². The molecule has 4 nitrogen and oxygen atoms in total. The standard InChI is InChI=1S/C11H13BrF2N2O2/c12-7-1-2-9(15)8(5-7)11(17)16-3-4-18-6-10(13)14/h1-2,5,10H,3-4,6,15H2,(H,16,17). The number of rotatable bonds is 6. The zero-order valence-electron chi connectivity index (χ0n) is 9.46. The van der Waals surface area contributed by atoms with Gasteiger partial charge in [-0.05, 0) is 18.2 Å². The van der Waals surface area contributed by atoms with Gasteiger partial charge in [-0.25, -0.2) is 8.78 Å². The number of benzene rings is 1. The van der Waals surface area contributed by atoms with Gasteiger partial charge < -0.3 is 15.8 Å². The molecule has 0 aliphatic heterocycles. The number of amides is 1. The molecule has 3 N–H and O–H groups in total. The number of nitrogens with one attached hydrogen (secondary N) is 1. The first-order chi connectivity index (χ1) is 8.50. The van der Waals surface area contributed by atoms with Crippen LogP contribution < -0.4 is 11.1 Å². The molecule has 0 aromatic heterocycles. The molecule has 7 heteroatoms. The maximum atomic E-state index is 11.7. The van der Waals surface area contributed by atoms with Gasteiger partial charge in [0.2, 0.25) is 0 Å². The predicted molar refractivity (Wildman–Crippen MR) is 67.7 cm³/mol. The fourth-order valence-electron chi connectivity index (χ4n) is 1.23. The summed E-state index contributed by atoms with van der Waals surface area (Å²) in [6.45, 7) is -0.448. The van der Waals surface area contributed by atoms with Gasteiger partial charge >= 0.3 is 0 Å². The summed E-state index contributed by atoms with van der Waals surface area (Å²) in [6, 6.07) is 4.91. The van der Waals surface area contributed by atoms with E-state index in [1.807, 2.05) is 0 Å². The van der Waals surface area contributed by atoms with E-state index >= 15 is 0 Å². The van der Waals surface area contributed by atoms with Crippen LogP contribution in [0, 0.1) is 0 Å². The fraction of sp³-hybridized carbons (Fsp3) is 0.364. The highest BCUT2D eigenvalue weighted by Crippen LogP contribution is 2.18. The van der Waals surface area contributed by atoms with Crippen molar-refractivity contribution in [3.63, 3.8) is 0 Å². The number of carbonyl (C=O) groups excluding carboxylic acids is 1. The summed E-state index contributed by atoms with van der Waals surface area (Å²) in [5.74, 6) is -0.366. The smallest absolute Gasteiger partial charge is 0.261 e. The highest BCUT2D eigenvalue weighted by atomic mass is 79.9. The molecule has 100 valence electrons. The lowest BCUT2D eigenvalue weighted by molar-refractivity contribution is 0.0188. The molecule has 1 amide bonds. The maximum Gasteiger partial charge on any atom is 0.261 e. The second-order valence-corrected chi connectivity index (χ2v) is 4.37. The Morgan fingerprint density at radius 2 is 2.22 bits per heavy atom. The largest absolute Gasteiger partial charge is 0.398 e. The third kappa shape index (κ3) is 4.97. The van der Waals surface area contributed by atoms with Gasteiger partial charge in [-0.3, -0.25) is 4.79 Å². The van der Waals surface area contributed by atoms with Gasteiger partial charge in [0, 0.05) is 16.7 Å². The molecule has 0 atom stereocenters. The molecule has 0 saturated carbocycles. The molecule has 18 heavy (non-hydrogen) atoms. The summed E-state index contributed by atoms with van der Waals surface area (Å²) in [7, 11) is 0. The molecule has 0 heterocycles. The minimum Gasteiger partial charge on any atom is -0.398 e. The summed E-state index contributed by atoms with van der Waals surface area (Å²) in [4.78, 5) is 11.7. The van der Waals surface area contributed by atoms with Crippen LogP contribution in [-0.2, 0) is 4.74 Å². The Kier molecular flexibility index (Phi) is 6.00. The number of halogens is 3. The van der Waals surface area contributed by atoms with Crippen molar-refractivity contribution < 1.29 is 18.3 Å². The van der Waals surface area contributed by atoms with Crippen molar-refractivity contribution in [3.8, 4) is 0 Å². The van der Waals surface area contributed by atoms with Crippen molar-refractivity contribution in [3.05, 3.63) is 28.2 Å². The first-order valence-electron chi connectivity index (χ1n) is 5.20. The molecule has 0 aliphatic carbocycles. The second-order valence-electron chi connectivity index (χ2n) is 3.45. The van der Waals surface area contributed by atoms with E-state index in [0.717, 1.165) is 4.47 Å². The number of hydrogen-bond donors (Lipinski definition) is 2. The zero-order chi connectivity index (χ0) is 13.5. The van der Waals surface area contributed by atoms with Crippen molar-refractivity contribution >= 4 is 27.5 Å². The predicted octanol–water partition coefficient (Wildman–Crippen LogP) is 2.04. The molecule has 0 aliphatic rings. The van der Waals surface area contributed by atoms with E-state index in [4.69, 9.17) is 5.73 Å². The van der Waals surface area contributed by atoms with E-state index in [1.54, 1.807) is 18.2 Å². The van der Waals surface area contributed by atoms with Crippen LogP contribution in [0.1, 0.15) is 10.4 Å². The average Bonchev–Trinajstić information content (AvgIpc) is 2.31. The number of alkyl halides is 2. The Bertz CT molecular complexity index is 416. The molecule has 1 aromatic rings. The van der Waals surface area contributed by atoms with Crippen LogP contribution in [0.4, 0.5) is 14.5 Å². The van der Waals surface area contributed by atoms with Crippen LogP contribution >= 0.6 is 15.9 Å². The molecule has 0 saturated heterocycles. The third-order valence-corrected chi connectivity index (χ3v) is 2.53. The van der Waals surface area contributed by atoms with Crippen LogP contribution in [0.3, 0.4) is 0 Å². The first-order valence-corrected chi connectivity index (χ1v) is 5.99. The molecule has 0 radical (unpaired) electrons.